The van der Waals surface area contributed by atoms with Gasteiger partial charge in [-0.05, 0) is 76.1 Å². The van der Waals surface area contributed by atoms with E-state index in [2.05, 4.69) is 37.2 Å². The first kappa shape index (κ1) is 15.0. The van der Waals surface area contributed by atoms with Crippen molar-refractivity contribution in [2.24, 2.45) is 5.92 Å². The first-order valence-electron chi connectivity index (χ1n) is 7.11. The lowest BCUT2D eigenvalue weighted by molar-refractivity contribution is 0.0704. The molecule has 0 spiro atoms. The lowest BCUT2D eigenvalue weighted by atomic mass is 10.0. The first-order valence-corrected chi connectivity index (χ1v) is 9.51. The summed E-state index contributed by atoms with van der Waals surface area (Å²) in [6.07, 6.45) is 4.93. The third-order valence-corrected chi connectivity index (χ3v) is 6.40. The highest BCUT2D eigenvalue weighted by Gasteiger charge is 2.27. The van der Waals surface area contributed by atoms with Gasteiger partial charge in [0, 0.05) is 19.1 Å². The summed E-state index contributed by atoms with van der Waals surface area (Å²) < 4.78 is 1.91. The lowest BCUT2D eigenvalue weighted by Crippen LogP contribution is -2.45. The number of nitrogens with zero attached hydrogens (tertiary/aromatic N) is 1. The van der Waals surface area contributed by atoms with Crippen molar-refractivity contribution in [3.8, 4) is 0 Å². The number of piperidine rings is 1. The van der Waals surface area contributed by atoms with E-state index in [1.807, 2.05) is 11.0 Å². The van der Waals surface area contributed by atoms with Crippen LogP contribution in [0.25, 0.3) is 0 Å². The number of amides is 1. The van der Waals surface area contributed by atoms with Gasteiger partial charge in [-0.15, -0.1) is 11.3 Å². The van der Waals surface area contributed by atoms with Gasteiger partial charge in [0.05, 0.1) is 13.1 Å². The quantitative estimate of drug-likeness (QED) is 0.799. The second-order valence-corrected chi connectivity index (χ2v) is 9.41. The number of thiophene rings is 1. The van der Waals surface area contributed by atoms with E-state index in [1.54, 1.807) is 11.3 Å². The highest BCUT2D eigenvalue weighted by atomic mass is 79.9. The van der Waals surface area contributed by atoms with Crippen LogP contribution in [0.3, 0.4) is 0 Å². The normalized spacial score (nSPS) is 20.4. The Hall–Kier alpha value is 0.0900. The molecule has 1 aromatic heterocycles. The van der Waals surface area contributed by atoms with E-state index in [1.165, 1.54) is 19.4 Å². The average molecular weight is 422 g/mol. The Balaban J connectivity index is 1.51. The van der Waals surface area contributed by atoms with E-state index in [-0.39, 0.29) is 5.91 Å². The van der Waals surface area contributed by atoms with Crippen molar-refractivity contribution < 1.29 is 4.79 Å². The highest BCUT2D eigenvalue weighted by Crippen LogP contribution is 2.33. The minimum absolute atomic E-state index is 0.152. The monoisotopic (exact) mass is 420 g/mol. The Morgan fingerprint density at radius 1 is 1.30 bits per heavy atom. The summed E-state index contributed by atoms with van der Waals surface area (Å²) in [4.78, 5) is 14.5. The maximum Gasteiger partial charge on any atom is 0.255 e. The predicted molar refractivity (Wildman–Crippen MR) is 89.4 cm³/mol. The zero-order valence-corrected chi connectivity index (χ0v) is 15.2. The molecular formula is C14H18Br2N2OS. The molecule has 1 saturated carbocycles. The molecule has 1 amide bonds. The van der Waals surface area contributed by atoms with E-state index in [0.29, 0.717) is 6.04 Å². The second-order valence-electron chi connectivity index (χ2n) is 5.66. The third kappa shape index (κ3) is 3.64. The van der Waals surface area contributed by atoms with Crippen molar-refractivity contribution in [2.75, 3.05) is 19.6 Å². The molecule has 0 radical (unpaired) electrons. The Kier molecular flexibility index (Phi) is 4.85. The van der Waals surface area contributed by atoms with Gasteiger partial charge in [-0.2, -0.15) is 0 Å². The molecule has 2 fully saturated rings. The van der Waals surface area contributed by atoms with Crippen molar-refractivity contribution in [3.05, 3.63) is 19.2 Å². The number of likely N-dealkylation sites (tertiary alicyclic amines) is 1. The average Bonchev–Trinajstić information content (AvgIpc) is 3.21. The molecular weight excluding hydrogens is 404 g/mol. The maximum atomic E-state index is 12.5. The zero-order chi connectivity index (χ0) is 14.1. The number of carbonyl (C=O) groups excluding carboxylic acids is 1. The molecule has 6 heteroatoms. The number of hydrogen-bond donors (Lipinski definition) is 1. The number of halogens is 2. The molecule has 0 aromatic carbocycles. The van der Waals surface area contributed by atoms with Gasteiger partial charge in [0.2, 0.25) is 0 Å². The van der Waals surface area contributed by atoms with Gasteiger partial charge < -0.3 is 10.2 Å². The molecule has 1 aromatic rings. The molecule has 2 aliphatic rings. The Morgan fingerprint density at radius 2 is 2.00 bits per heavy atom. The van der Waals surface area contributed by atoms with Crippen LogP contribution in [0.2, 0.25) is 0 Å². The van der Waals surface area contributed by atoms with Crippen molar-refractivity contribution in [2.45, 2.75) is 31.7 Å². The summed E-state index contributed by atoms with van der Waals surface area (Å²) in [6.45, 7) is 2.89. The minimum atomic E-state index is 0.152. The maximum absolute atomic E-state index is 12.5. The van der Waals surface area contributed by atoms with Crippen LogP contribution in [0.4, 0.5) is 0 Å². The fourth-order valence-corrected chi connectivity index (χ4v) is 5.38. The van der Waals surface area contributed by atoms with Gasteiger partial charge in [0.15, 0.2) is 0 Å². The molecule has 110 valence electrons. The minimum Gasteiger partial charge on any atom is -0.338 e. The van der Waals surface area contributed by atoms with Crippen LogP contribution in [0.15, 0.2) is 13.6 Å². The van der Waals surface area contributed by atoms with Crippen molar-refractivity contribution >= 4 is 49.1 Å². The first-order chi connectivity index (χ1) is 9.63. The van der Waals surface area contributed by atoms with E-state index < -0.39 is 0 Å². The molecule has 0 unspecified atom stereocenters. The number of carbonyl (C=O) groups is 1. The van der Waals surface area contributed by atoms with Crippen LogP contribution in [0.5, 0.6) is 0 Å². The van der Waals surface area contributed by atoms with E-state index >= 15 is 0 Å². The lowest BCUT2D eigenvalue weighted by Gasteiger charge is -2.32. The fourth-order valence-electron chi connectivity index (χ4n) is 2.60. The van der Waals surface area contributed by atoms with Gasteiger partial charge in [-0.1, -0.05) is 0 Å². The number of rotatable bonds is 4. The SMILES string of the molecule is O=C(c1cc(Br)sc1Br)N1CCC(NCC2CC2)CC1. The van der Waals surface area contributed by atoms with E-state index in [9.17, 15) is 4.79 Å². The molecule has 20 heavy (non-hydrogen) atoms. The smallest absolute Gasteiger partial charge is 0.255 e. The van der Waals surface area contributed by atoms with Crippen LogP contribution in [-0.4, -0.2) is 36.5 Å². The van der Waals surface area contributed by atoms with Gasteiger partial charge >= 0.3 is 0 Å². The van der Waals surface area contributed by atoms with Gasteiger partial charge in [-0.25, -0.2) is 0 Å². The van der Waals surface area contributed by atoms with Crippen LogP contribution >= 0.6 is 43.2 Å². The molecule has 1 aliphatic carbocycles. The Bertz CT molecular complexity index is 493. The highest BCUT2D eigenvalue weighted by molar-refractivity contribution is 9.12. The molecule has 3 nitrogen and oxygen atoms in total. The van der Waals surface area contributed by atoms with Crippen molar-refractivity contribution in [1.29, 1.82) is 0 Å². The number of hydrogen-bond acceptors (Lipinski definition) is 3. The molecule has 3 rings (SSSR count). The molecule has 2 heterocycles. The van der Waals surface area contributed by atoms with Crippen LogP contribution in [-0.2, 0) is 0 Å². The summed E-state index contributed by atoms with van der Waals surface area (Å²) in [5.41, 5.74) is 0.784. The molecule has 0 atom stereocenters. The molecule has 1 saturated heterocycles. The second kappa shape index (κ2) is 6.46. The summed E-state index contributed by atoms with van der Waals surface area (Å²) in [7, 11) is 0. The third-order valence-electron chi connectivity index (χ3n) is 4.06. The Labute approximate surface area is 140 Å². The van der Waals surface area contributed by atoms with Crippen LogP contribution in [0, 0.1) is 5.92 Å². The molecule has 1 N–H and O–H groups in total. The standard InChI is InChI=1S/C14H18Br2N2OS/c15-12-7-11(13(16)20-12)14(19)18-5-3-10(4-6-18)17-8-9-1-2-9/h7,9-10,17H,1-6,8H2. The van der Waals surface area contributed by atoms with Crippen molar-refractivity contribution in [3.63, 3.8) is 0 Å². The van der Waals surface area contributed by atoms with Gasteiger partial charge in [-0.3, -0.25) is 4.79 Å². The van der Waals surface area contributed by atoms with Gasteiger partial charge in [0.25, 0.3) is 5.91 Å². The zero-order valence-electron chi connectivity index (χ0n) is 11.2. The van der Waals surface area contributed by atoms with Crippen LogP contribution in [0.1, 0.15) is 36.0 Å². The fraction of sp³-hybridized carbons (Fsp3) is 0.643. The van der Waals surface area contributed by atoms with Crippen molar-refractivity contribution in [1.82, 2.24) is 10.2 Å². The summed E-state index contributed by atoms with van der Waals surface area (Å²) in [5, 5.41) is 3.65. The predicted octanol–water partition coefficient (Wildman–Crippen LogP) is 3.88. The topological polar surface area (TPSA) is 32.3 Å². The molecule has 0 bridgehead atoms. The van der Waals surface area contributed by atoms with E-state index in [0.717, 1.165) is 45.0 Å². The van der Waals surface area contributed by atoms with Crippen LogP contribution < -0.4 is 5.32 Å². The number of nitrogens with one attached hydrogen (secondary N) is 1. The Morgan fingerprint density at radius 3 is 2.55 bits per heavy atom. The summed E-state index contributed by atoms with van der Waals surface area (Å²) in [6, 6.07) is 2.51. The van der Waals surface area contributed by atoms with E-state index in [4.69, 9.17) is 0 Å². The summed E-state index contributed by atoms with van der Waals surface area (Å²) in [5.74, 6) is 1.08. The largest absolute Gasteiger partial charge is 0.338 e. The van der Waals surface area contributed by atoms with Gasteiger partial charge in [0.1, 0.15) is 0 Å². The molecule has 1 aliphatic heterocycles. The summed E-state index contributed by atoms with van der Waals surface area (Å²) >= 11 is 8.46.